The van der Waals surface area contributed by atoms with E-state index in [4.69, 9.17) is 19.4 Å². The van der Waals surface area contributed by atoms with Gasteiger partial charge in [0, 0.05) is 36.1 Å². The smallest absolute Gasteiger partial charge is 0.407 e. The average Bonchev–Trinajstić information content (AvgIpc) is 4.27. The second-order valence-corrected chi connectivity index (χ2v) is 21.7. The molecule has 5 aromatic rings. The molecular weight excluding hydrogens is 937 g/mol. The van der Waals surface area contributed by atoms with Gasteiger partial charge in [0.1, 0.15) is 24.2 Å². The quantitative estimate of drug-likeness (QED) is 0.0937. The molecule has 384 valence electrons. The van der Waals surface area contributed by atoms with Crippen molar-refractivity contribution in [3.63, 3.8) is 0 Å². The summed E-state index contributed by atoms with van der Waals surface area (Å²) in [6.45, 7) is 9.48. The van der Waals surface area contributed by atoms with Crippen molar-refractivity contribution in [1.29, 1.82) is 0 Å². The van der Waals surface area contributed by atoms with Crippen LogP contribution >= 0.6 is 0 Å². The number of hydrogen-bond acceptors (Lipinski definition) is 10. The van der Waals surface area contributed by atoms with Gasteiger partial charge in [0.05, 0.1) is 38.0 Å². The van der Waals surface area contributed by atoms with E-state index in [1.807, 2.05) is 48.8 Å². The molecular formula is C58H64N8O8. The van der Waals surface area contributed by atoms with Gasteiger partial charge in [-0.1, -0.05) is 88.4 Å². The lowest BCUT2D eigenvalue weighted by Gasteiger charge is -2.36. The zero-order valence-electron chi connectivity index (χ0n) is 42.8. The summed E-state index contributed by atoms with van der Waals surface area (Å²) in [5, 5.41) is 11.7. The fourth-order valence-corrected chi connectivity index (χ4v) is 12.8. The van der Waals surface area contributed by atoms with Crippen molar-refractivity contribution < 1.29 is 38.2 Å². The van der Waals surface area contributed by atoms with E-state index in [1.165, 1.54) is 36.5 Å². The highest BCUT2D eigenvalue weighted by atomic mass is 16.5. The molecule has 4 N–H and O–H groups in total. The molecule has 2 aromatic heterocycles. The van der Waals surface area contributed by atoms with E-state index in [1.54, 1.807) is 58.6 Å². The zero-order chi connectivity index (χ0) is 52.1. The van der Waals surface area contributed by atoms with Crippen molar-refractivity contribution in [2.75, 3.05) is 31.4 Å². The summed E-state index contributed by atoms with van der Waals surface area (Å²) in [6.07, 6.45) is 12.4. The topological polar surface area (TPSA) is 201 Å². The number of hydrogen-bond donors (Lipinski definition) is 4. The summed E-state index contributed by atoms with van der Waals surface area (Å²) < 4.78 is 9.77. The Morgan fingerprint density at radius 1 is 0.635 bits per heavy atom. The average molecular weight is 1000 g/mol. The molecule has 1 saturated carbocycles. The number of benzene rings is 3. The summed E-state index contributed by atoms with van der Waals surface area (Å²) >= 11 is 0. The van der Waals surface area contributed by atoms with Gasteiger partial charge in [0.15, 0.2) is 0 Å². The number of pyridine rings is 2. The van der Waals surface area contributed by atoms with E-state index in [-0.39, 0.29) is 40.5 Å². The number of nitrogens with zero attached hydrogens (tertiary/aromatic N) is 4. The van der Waals surface area contributed by atoms with Crippen LogP contribution in [-0.2, 0) is 52.3 Å². The van der Waals surface area contributed by atoms with Gasteiger partial charge in [-0.25, -0.2) is 9.59 Å². The fourth-order valence-electron chi connectivity index (χ4n) is 12.8. The highest BCUT2D eigenvalue weighted by Crippen LogP contribution is 2.57. The lowest BCUT2D eigenvalue weighted by Crippen LogP contribution is -2.54. The minimum Gasteiger partial charge on any atom is -0.453 e. The maximum atomic E-state index is 14.6. The standard InChI is InChI=1S/C58H64N8O8/c1-57(2)24-22-42-45(37-27-39(32-60-30-37)62-52(68)50-35-19-20-40(28-35)66(50)54(70)49(64-56(72)74-6)34-16-11-8-12-17-34)47-41(21-23-58(47,3)4)44(46(42)57)36-26-38(31-59-29-36)61-51(67)43-18-13-25-65(43)53(69)48(63-55(71)73-5)33-14-9-7-10-15-33/h7-12,14-17,26-27,29-32,35,40,43,48-50H,13,18-25,28H2,1-6H3,(H,61,67)(H,62,68)(H,63,71)(H,64,72)/t35?,40?,43-,48?,49?,50?/m0/s1. The number of ether oxygens (including phenoxy) is 2. The fraction of sp³-hybridized carbons (Fsp3) is 0.414. The zero-order valence-corrected chi connectivity index (χ0v) is 42.8. The Morgan fingerprint density at radius 2 is 1.14 bits per heavy atom. The maximum absolute atomic E-state index is 14.6. The molecule has 4 heterocycles. The van der Waals surface area contributed by atoms with E-state index in [9.17, 15) is 28.8 Å². The lowest BCUT2D eigenvalue weighted by atomic mass is 9.74. The van der Waals surface area contributed by atoms with Gasteiger partial charge >= 0.3 is 12.2 Å². The van der Waals surface area contributed by atoms with Crippen LogP contribution in [0.2, 0.25) is 0 Å². The highest BCUT2D eigenvalue weighted by Gasteiger charge is 2.53. The number of fused-ring (bicyclic) bond motifs is 4. The Morgan fingerprint density at radius 3 is 1.65 bits per heavy atom. The molecule has 0 radical (unpaired) electrons. The van der Waals surface area contributed by atoms with Crippen LogP contribution in [0, 0.1) is 5.92 Å². The van der Waals surface area contributed by atoms with Gasteiger partial charge in [-0.2, -0.15) is 0 Å². The molecule has 2 saturated heterocycles. The SMILES string of the molecule is COC(=O)NC(C(=O)N1C2CCC(C2)C1C(=O)Nc1cncc(-c2c3c(c(-c4cncc(NC(=O)[C@@H]5CCCN5C(=O)C(NC(=O)OC)c5ccccc5)c4)c4c2C(C)(C)CC4)C(C)(C)CC3)c1)c1ccccc1. The minimum absolute atomic E-state index is 0.0331. The van der Waals surface area contributed by atoms with Crippen molar-refractivity contribution in [2.45, 2.75) is 127 Å². The number of carbonyl (C=O) groups is 6. The number of anilines is 2. The van der Waals surface area contributed by atoms with Crippen LogP contribution < -0.4 is 21.3 Å². The maximum Gasteiger partial charge on any atom is 0.407 e. The van der Waals surface area contributed by atoms with Gasteiger partial charge in [-0.05, 0) is 131 Å². The lowest BCUT2D eigenvalue weighted by molar-refractivity contribution is -0.142. The van der Waals surface area contributed by atoms with E-state index < -0.39 is 42.3 Å². The predicted molar refractivity (Wildman–Crippen MR) is 279 cm³/mol. The number of nitrogens with one attached hydrogen (secondary N) is 4. The minimum atomic E-state index is -1.04. The number of aromatic nitrogens is 2. The third-order valence-electron chi connectivity index (χ3n) is 16.3. The molecule has 16 nitrogen and oxygen atoms in total. The molecule has 3 fully saturated rings. The van der Waals surface area contributed by atoms with Crippen molar-refractivity contribution >= 4 is 47.2 Å². The predicted octanol–water partition coefficient (Wildman–Crippen LogP) is 8.70. The number of carbonyl (C=O) groups excluding carboxylic acids is 6. The summed E-state index contributed by atoms with van der Waals surface area (Å²) in [7, 11) is 2.50. The normalized spacial score (nSPS) is 21.5. The molecule has 2 aliphatic heterocycles. The second kappa shape index (κ2) is 20.0. The van der Waals surface area contributed by atoms with Crippen LogP contribution in [0.5, 0.6) is 0 Å². The number of rotatable bonds is 12. The monoisotopic (exact) mass is 1000 g/mol. The summed E-state index contributed by atoms with van der Waals surface area (Å²) in [6, 6.07) is 18.2. The van der Waals surface area contributed by atoms with Crippen LogP contribution in [0.3, 0.4) is 0 Å². The third-order valence-corrected chi connectivity index (χ3v) is 16.3. The first-order valence-corrected chi connectivity index (χ1v) is 25.7. The van der Waals surface area contributed by atoms with E-state index in [0.717, 1.165) is 60.8 Å². The second-order valence-electron chi connectivity index (χ2n) is 21.7. The van der Waals surface area contributed by atoms with Gasteiger partial charge < -0.3 is 40.5 Å². The first kappa shape index (κ1) is 49.9. The number of likely N-dealkylation sites (tertiary alicyclic amines) is 2. The number of piperidine rings is 1. The molecule has 5 aliphatic rings. The number of alkyl carbamates (subject to hydrolysis) is 2. The molecule has 10 rings (SSSR count). The van der Waals surface area contributed by atoms with Crippen LogP contribution in [0.25, 0.3) is 22.3 Å². The third kappa shape index (κ3) is 9.23. The van der Waals surface area contributed by atoms with Gasteiger partial charge in [-0.15, -0.1) is 0 Å². The largest absolute Gasteiger partial charge is 0.453 e. The van der Waals surface area contributed by atoms with Crippen LogP contribution in [-0.4, -0.2) is 94.5 Å². The first-order chi connectivity index (χ1) is 35.6. The summed E-state index contributed by atoms with van der Waals surface area (Å²) in [4.78, 5) is 95.2. The number of amides is 6. The Labute approximate surface area is 431 Å². The van der Waals surface area contributed by atoms with Crippen LogP contribution in [0.15, 0.2) is 97.6 Å². The van der Waals surface area contributed by atoms with Gasteiger partial charge in [-0.3, -0.25) is 29.1 Å². The summed E-state index contributed by atoms with van der Waals surface area (Å²) in [5.41, 5.74) is 10.7. The Kier molecular flexibility index (Phi) is 13.5. The molecule has 5 unspecified atom stereocenters. The van der Waals surface area contributed by atoms with E-state index in [0.29, 0.717) is 48.3 Å². The van der Waals surface area contributed by atoms with Crippen LogP contribution in [0.4, 0.5) is 21.0 Å². The Hall–Kier alpha value is -7.62. The van der Waals surface area contributed by atoms with E-state index in [2.05, 4.69) is 49.0 Å². The Balaban J connectivity index is 0.948. The van der Waals surface area contributed by atoms with Crippen molar-refractivity contribution in [2.24, 2.45) is 5.92 Å². The van der Waals surface area contributed by atoms with Gasteiger partial charge in [0.25, 0.3) is 11.8 Å². The highest BCUT2D eigenvalue weighted by molar-refractivity contribution is 6.01. The molecule has 3 aromatic carbocycles. The number of methoxy groups -OCH3 is 2. The van der Waals surface area contributed by atoms with E-state index >= 15 is 0 Å². The molecule has 3 aliphatic carbocycles. The summed E-state index contributed by atoms with van der Waals surface area (Å²) in [5.74, 6) is -1.41. The van der Waals surface area contributed by atoms with Crippen molar-refractivity contribution in [3.05, 3.63) is 131 Å². The molecule has 16 heteroatoms. The van der Waals surface area contributed by atoms with Crippen LogP contribution in [0.1, 0.15) is 118 Å². The first-order valence-electron chi connectivity index (χ1n) is 25.7. The molecule has 6 amide bonds. The van der Waals surface area contributed by atoms with Crippen molar-refractivity contribution in [1.82, 2.24) is 30.4 Å². The van der Waals surface area contributed by atoms with Gasteiger partial charge in [0.2, 0.25) is 11.8 Å². The molecule has 74 heavy (non-hydrogen) atoms. The Bertz CT molecular complexity index is 3030. The van der Waals surface area contributed by atoms with Crippen molar-refractivity contribution in [3.8, 4) is 22.3 Å². The molecule has 0 spiro atoms. The molecule has 6 atom stereocenters. The molecule has 2 bridgehead atoms.